The zero-order valence-electron chi connectivity index (χ0n) is 43.4. The van der Waals surface area contributed by atoms with E-state index in [1.807, 2.05) is 0 Å². The monoisotopic (exact) mass is 921 g/mol. The Hall–Kier alpha value is -3.15. The number of hydrogen-bond acceptors (Lipinski definition) is 6. The molecule has 0 aliphatic heterocycles. The fourth-order valence-electron chi connectivity index (χ4n) is 7.72. The summed E-state index contributed by atoms with van der Waals surface area (Å²) in [6.07, 6.45) is 68.8. The Labute approximate surface area is 408 Å². The van der Waals surface area contributed by atoms with Crippen LogP contribution in [0.5, 0.6) is 0 Å². The lowest BCUT2D eigenvalue weighted by molar-refractivity contribution is -0.167. The van der Waals surface area contributed by atoms with E-state index in [9.17, 15) is 14.4 Å². The van der Waals surface area contributed by atoms with Crippen LogP contribution in [0.1, 0.15) is 271 Å². The molecule has 0 rings (SSSR count). The number of carbonyl (C=O) groups is 3. The van der Waals surface area contributed by atoms with Gasteiger partial charge in [0.15, 0.2) is 6.10 Å². The van der Waals surface area contributed by atoms with Crippen LogP contribution in [-0.4, -0.2) is 37.2 Å². The molecule has 0 radical (unpaired) electrons. The average Bonchev–Trinajstić information content (AvgIpc) is 3.31. The lowest BCUT2D eigenvalue weighted by Crippen LogP contribution is -2.30. The Kier molecular flexibility index (Phi) is 51.9. The summed E-state index contributed by atoms with van der Waals surface area (Å²) in [5, 5.41) is 0. The van der Waals surface area contributed by atoms with Crippen LogP contribution in [-0.2, 0) is 28.6 Å². The van der Waals surface area contributed by atoms with Crippen LogP contribution in [0.3, 0.4) is 0 Å². The zero-order chi connectivity index (χ0) is 47.9. The maximum absolute atomic E-state index is 12.8. The topological polar surface area (TPSA) is 78.9 Å². The SMILES string of the molecule is CC/C=C\C/C=C\C/C=C\C/C=C\CCCCCC(=O)OC(COC(=O)CCCCCCCCC/C=C\CCCCCC)COC(=O)CCCCCCCCC/C=C\CCCCCCCC. The molecule has 0 amide bonds. The molecule has 0 heterocycles. The number of rotatable bonds is 50. The Balaban J connectivity index is 4.44. The van der Waals surface area contributed by atoms with E-state index in [1.54, 1.807) is 0 Å². The molecule has 0 aliphatic carbocycles. The molecule has 0 saturated heterocycles. The molecule has 66 heavy (non-hydrogen) atoms. The maximum Gasteiger partial charge on any atom is 0.306 e. The third-order valence-electron chi connectivity index (χ3n) is 11.9. The molecular weight excluding hydrogens is 817 g/mol. The van der Waals surface area contributed by atoms with E-state index < -0.39 is 6.10 Å². The van der Waals surface area contributed by atoms with Crippen LogP contribution >= 0.6 is 0 Å². The smallest absolute Gasteiger partial charge is 0.306 e. The number of unbranched alkanes of at least 4 members (excludes halogenated alkanes) is 27. The molecule has 0 aliphatic rings. The van der Waals surface area contributed by atoms with Crippen LogP contribution in [0, 0.1) is 0 Å². The number of carbonyl (C=O) groups excluding carboxylic acids is 3. The molecule has 0 saturated carbocycles. The normalized spacial score (nSPS) is 12.6. The largest absolute Gasteiger partial charge is 0.462 e. The number of esters is 3. The summed E-state index contributed by atoms with van der Waals surface area (Å²) in [7, 11) is 0. The minimum absolute atomic E-state index is 0.0914. The number of ether oxygens (including phenoxy) is 3. The van der Waals surface area contributed by atoms with Gasteiger partial charge in [0.2, 0.25) is 0 Å². The van der Waals surface area contributed by atoms with Crippen molar-refractivity contribution in [1.82, 2.24) is 0 Å². The second-order valence-electron chi connectivity index (χ2n) is 18.5. The highest BCUT2D eigenvalue weighted by molar-refractivity contribution is 5.71. The molecule has 1 atom stereocenters. The van der Waals surface area contributed by atoms with Crippen molar-refractivity contribution in [3.63, 3.8) is 0 Å². The number of allylic oxidation sites excluding steroid dienone is 12. The lowest BCUT2D eigenvalue weighted by Gasteiger charge is -2.18. The second kappa shape index (κ2) is 54.5. The van der Waals surface area contributed by atoms with E-state index >= 15 is 0 Å². The molecular formula is C60H104O6. The first-order chi connectivity index (χ1) is 32.5. The molecule has 380 valence electrons. The van der Waals surface area contributed by atoms with Gasteiger partial charge < -0.3 is 14.2 Å². The molecule has 0 aromatic heterocycles. The average molecular weight is 921 g/mol. The van der Waals surface area contributed by atoms with Crippen molar-refractivity contribution in [2.24, 2.45) is 0 Å². The molecule has 0 fully saturated rings. The first-order valence-corrected chi connectivity index (χ1v) is 27.9. The minimum atomic E-state index is -0.795. The predicted molar refractivity (Wildman–Crippen MR) is 284 cm³/mol. The third-order valence-corrected chi connectivity index (χ3v) is 11.9. The van der Waals surface area contributed by atoms with Crippen molar-refractivity contribution in [2.75, 3.05) is 13.2 Å². The van der Waals surface area contributed by atoms with Gasteiger partial charge in [-0.3, -0.25) is 14.4 Å². The van der Waals surface area contributed by atoms with Gasteiger partial charge in [-0.05, 0) is 109 Å². The van der Waals surface area contributed by atoms with Crippen LogP contribution < -0.4 is 0 Å². The summed E-state index contributed by atoms with van der Waals surface area (Å²) in [6.45, 7) is 6.49. The van der Waals surface area contributed by atoms with Crippen molar-refractivity contribution in [2.45, 2.75) is 277 Å². The zero-order valence-corrected chi connectivity index (χ0v) is 43.4. The van der Waals surface area contributed by atoms with Gasteiger partial charge in [0.1, 0.15) is 13.2 Å². The summed E-state index contributed by atoms with van der Waals surface area (Å²) in [4.78, 5) is 38.1. The van der Waals surface area contributed by atoms with Crippen molar-refractivity contribution in [1.29, 1.82) is 0 Å². The van der Waals surface area contributed by atoms with Gasteiger partial charge in [0.05, 0.1) is 0 Å². The molecule has 0 bridgehead atoms. The summed E-state index contributed by atoms with van der Waals surface area (Å²) >= 11 is 0. The third kappa shape index (κ3) is 51.8. The Morgan fingerprint density at radius 3 is 0.970 bits per heavy atom. The molecule has 0 aromatic carbocycles. The van der Waals surface area contributed by atoms with Gasteiger partial charge in [-0.25, -0.2) is 0 Å². The van der Waals surface area contributed by atoms with E-state index in [4.69, 9.17) is 14.2 Å². The van der Waals surface area contributed by atoms with E-state index in [0.29, 0.717) is 19.3 Å². The van der Waals surface area contributed by atoms with Gasteiger partial charge in [-0.15, -0.1) is 0 Å². The second-order valence-corrected chi connectivity index (χ2v) is 18.5. The summed E-state index contributed by atoms with van der Waals surface area (Å²) in [5.41, 5.74) is 0. The predicted octanol–water partition coefficient (Wildman–Crippen LogP) is 18.6. The molecule has 6 heteroatoms. The van der Waals surface area contributed by atoms with Crippen LogP contribution in [0.15, 0.2) is 72.9 Å². The van der Waals surface area contributed by atoms with E-state index in [1.165, 1.54) is 141 Å². The maximum atomic E-state index is 12.8. The highest BCUT2D eigenvalue weighted by atomic mass is 16.6. The minimum Gasteiger partial charge on any atom is -0.462 e. The lowest BCUT2D eigenvalue weighted by atomic mass is 10.1. The van der Waals surface area contributed by atoms with E-state index in [0.717, 1.165) is 89.9 Å². The Bertz CT molecular complexity index is 1240. The molecule has 6 nitrogen and oxygen atoms in total. The fraction of sp³-hybridized carbons (Fsp3) is 0.750. The molecule has 1 unspecified atom stereocenters. The summed E-state index contributed by atoms with van der Waals surface area (Å²) in [5.74, 6) is -0.925. The standard InChI is InChI=1S/C60H104O6/c1-4-7-10-13-16-19-22-25-28-30-33-35-38-41-44-47-50-53-59(62)65-56-57(55-64-58(61)52-49-46-43-40-37-34-31-27-24-21-18-15-12-9-6-3)66-60(63)54-51-48-45-42-39-36-32-29-26-23-20-17-14-11-8-5-2/h8,11,17,20-21,24-26,28-29,36,39,57H,4-7,9-10,12-16,18-19,22-23,27,30-35,37-38,40-56H2,1-3H3/b11-8-,20-17-,24-21-,28-25-,29-26-,39-36-. The van der Waals surface area contributed by atoms with Crippen molar-refractivity contribution in [3.8, 4) is 0 Å². The highest BCUT2D eigenvalue weighted by Gasteiger charge is 2.19. The van der Waals surface area contributed by atoms with Gasteiger partial charge in [0, 0.05) is 19.3 Å². The summed E-state index contributed by atoms with van der Waals surface area (Å²) in [6, 6.07) is 0. The molecule has 0 aromatic rings. The first-order valence-electron chi connectivity index (χ1n) is 27.9. The van der Waals surface area contributed by atoms with Crippen molar-refractivity contribution < 1.29 is 28.6 Å². The van der Waals surface area contributed by atoms with Crippen LogP contribution in [0.25, 0.3) is 0 Å². The van der Waals surface area contributed by atoms with Gasteiger partial charge in [-0.1, -0.05) is 216 Å². The molecule has 0 N–H and O–H groups in total. The first kappa shape index (κ1) is 62.8. The quantitative estimate of drug-likeness (QED) is 0.0262. The highest BCUT2D eigenvalue weighted by Crippen LogP contribution is 2.15. The molecule has 0 spiro atoms. The Morgan fingerprint density at radius 2 is 0.591 bits per heavy atom. The fourth-order valence-corrected chi connectivity index (χ4v) is 7.72. The van der Waals surface area contributed by atoms with E-state index in [2.05, 4.69) is 93.7 Å². The van der Waals surface area contributed by atoms with E-state index in [-0.39, 0.29) is 31.1 Å². The van der Waals surface area contributed by atoms with Crippen LogP contribution in [0.4, 0.5) is 0 Å². The Morgan fingerprint density at radius 1 is 0.318 bits per heavy atom. The van der Waals surface area contributed by atoms with Crippen molar-refractivity contribution >= 4 is 17.9 Å². The van der Waals surface area contributed by atoms with Gasteiger partial charge in [0.25, 0.3) is 0 Å². The number of hydrogen-bond donors (Lipinski definition) is 0. The summed E-state index contributed by atoms with van der Waals surface area (Å²) < 4.78 is 16.8. The van der Waals surface area contributed by atoms with Gasteiger partial charge >= 0.3 is 17.9 Å². The van der Waals surface area contributed by atoms with Gasteiger partial charge in [-0.2, -0.15) is 0 Å². The van der Waals surface area contributed by atoms with Crippen molar-refractivity contribution in [3.05, 3.63) is 72.9 Å². The van der Waals surface area contributed by atoms with Crippen LogP contribution in [0.2, 0.25) is 0 Å².